The fourth-order valence-electron chi connectivity index (χ4n) is 2.85. The smallest absolute Gasteiger partial charge is 0.277 e. The van der Waals surface area contributed by atoms with Crippen LogP contribution in [0.25, 0.3) is 0 Å². The van der Waals surface area contributed by atoms with Gasteiger partial charge < -0.3 is 4.52 Å². The molecule has 2 aromatic carbocycles. The Morgan fingerprint density at radius 3 is 2.29 bits per heavy atom. The maximum atomic E-state index is 13.9. The summed E-state index contributed by atoms with van der Waals surface area (Å²) in [6.07, 6.45) is 5.77. The van der Waals surface area contributed by atoms with E-state index in [-0.39, 0.29) is 0 Å². The van der Waals surface area contributed by atoms with E-state index < -0.39 is 7.37 Å². The van der Waals surface area contributed by atoms with Gasteiger partial charge >= 0.3 is 0 Å². The Bertz CT molecular complexity index is 721. The molecule has 0 aliphatic heterocycles. The van der Waals surface area contributed by atoms with Crippen LogP contribution < -0.4 is 9.83 Å². The number of para-hydroxylation sites is 1. The number of hydrogen-bond acceptors (Lipinski definition) is 2. The van der Waals surface area contributed by atoms with Crippen LogP contribution in [0.1, 0.15) is 37.8 Å². The second kappa shape index (κ2) is 8.89. The van der Waals surface area contributed by atoms with Gasteiger partial charge in [-0.05, 0) is 48.9 Å². The number of hydrogen-bond donors (Lipinski definition) is 0. The van der Waals surface area contributed by atoms with Crippen LogP contribution in [0.3, 0.4) is 0 Å². The van der Waals surface area contributed by atoms with Crippen molar-refractivity contribution in [3.05, 3.63) is 72.3 Å². The molecule has 0 bridgehead atoms. The highest BCUT2D eigenvalue weighted by Crippen LogP contribution is 2.48. The van der Waals surface area contributed by atoms with E-state index in [0.29, 0.717) is 6.16 Å². The van der Waals surface area contributed by atoms with Gasteiger partial charge in [0.05, 0.1) is 5.30 Å². The van der Waals surface area contributed by atoms with Gasteiger partial charge in [-0.3, -0.25) is 4.57 Å². The molecule has 0 fully saturated rings. The van der Waals surface area contributed by atoms with Crippen molar-refractivity contribution >= 4 is 12.7 Å². The van der Waals surface area contributed by atoms with E-state index in [4.69, 9.17) is 4.52 Å². The van der Waals surface area contributed by atoms with Crippen LogP contribution in [-0.2, 0) is 17.4 Å². The quantitative estimate of drug-likeness (QED) is 0.329. The van der Waals surface area contributed by atoms with Crippen molar-refractivity contribution < 1.29 is 9.09 Å². The first-order valence-corrected chi connectivity index (χ1v) is 10.5. The van der Waals surface area contributed by atoms with Crippen molar-refractivity contribution in [2.45, 2.75) is 39.5 Å². The van der Waals surface area contributed by atoms with Crippen LogP contribution in [0, 0.1) is 0 Å². The lowest BCUT2D eigenvalue weighted by Gasteiger charge is -2.23. The summed E-state index contributed by atoms with van der Waals surface area (Å²) in [6, 6.07) is 15.8. The number of unbranched alkanes of at least 4 members (excludes halogenated alkanes) is 1. The zero-order chi connectivity index (χ0) is 17.4. The Morgan fingerprint density at radius 2 is 1.62 bits per heavy atom. The highest BCUT2D eigenvalue weighted by molar-refractivity contribution is 7.67. The molecular weight excluding hydrogens is 315 g/mol. The molecule has 0 aliphatic carbocycles. The zero-order valence-corrected chi connectivity index (χ0v) is 15.6. The minimum atomic E-state index is -2.97. The predicted octanol–water partition coefficient (Wildman–Crippen LogP) is 5.76. The topological polar surface area (TPSA) is 26.3 Å². The maximum absolute atomic E-state index is 13.9. The molecule has 2 rings (SSSR count). The molecular formula is C21H27O2P. The summed E-state index contributed by atoms with van der Waals surface area (Å²) >= 11 is 0. The minimum absolute atomic E-state index is 0.536. The van der Waals surface area contributed by atoms with Crippen LogP contribution in [0.15, 0.2) is 61.2 Å². The van der Waals surface area contributed by atoms with Crippen molar-refractivity contribution in [1.29, 1.82) is 0 Å². The van der Waals surface area contributed by atoms with Gasteiger partial charge in [-0.25, -0.2) is 0 Å². The second-order valence-electron chi connectivity index (χ2n) is 5.86. The number of aryl methyl sites for hydroxylation is 2. The van der Waals surface area contributed by atoms with E-state index in [9.17, 15) is 4.57 Å². The third kappa shape index (κ3) is 4.39. The molecule has 0 heterocycles. The number of allylic oxidation sites excluding steroid dienone is 1. The average Bonchev–Trinajstić information content (AvgIpc) is 2.62. The Morgan fingerprint density at radius 1 is 1.00 bits per heavy atom. The maximum Gasteiger partial charge on any atom is 0.277 e. The van der Waals surface area contributed by atoms with E-state index in [0.717, 1.165) is 47.9 Å². The fraction of sp³-hybridized carbons (Fsp3) is 0.333. The third-order valence-electron chi connectivity index (χ3n) is 4.20. The molecule has 0 saturated carbocycles. The molecule has 1 unspecified atom stereocenters. The van der Waals surface area contributed by atoms with Crippen LogP contribution in [0.2, 0.25) is 0 Å². The summed E-state index contributed by atoms with van der Waals surface area (Å²) in [4.78, 5) is 0. The summed E-state index contributed by atoms with van der Waals surface area (Å²) in [7, 11) is -2.97. The SMILES string of the molecule is C=CCCCP(=O)(Oc1ccccc1CC)c1ccccc1CC. The zero-order valence-electron chi connectivity index (χ0n) is 14.7. The summed E-state index contributed by atoms with van der Waals surface area (Å²) in [6.45, 7) is 7.95. The molecule has 3 heteroatoms. The number of rotatable bonds is 9. The van der Waals surface area contributed by atoms with E-state index in [1.54, 1.807) is 0 Å². The van der Waals surface area contributed by atoms with Gasteiger partial charge in [0.2, 0.25) is 0 Å². The van der Waals surface area contributed by atoms with Crippen LogP contribution in [-0.4, -0.2) is 6.16 Å². The van der Waals surface area contributed by atoms with Gasteiger partial charge in [0, 0.05) is 6.16 Å². The van der Waals surface area contributed by atoms with Gasteiger partial charge in [-0.1, -0.05) is 56.3 Å². The lowest BCUT2D eigenvalue weighted by molar-refractivity contribution is 0.487. The molecule has 0 radical (unpaired) electrons. The van der Waals surface area contributed by atoms with Crippen molar-refractivity contribution in [1.82, 2.24) is 0 Å². The summed E-state index contributed by atoms with van der Waals surface area (Å²) in [5.74, 6) is 0.743. The van der Waals surface area contributed by atoms with E-state index in [1.807, 2.05) is 54.6 Å². The van der Waals surface area contributed by atoms with Gasteiger partial charge in [-0.2, -0.15) is 0 Å². The van der Waals surface area contributed by atoms with Gasteiger partial charge in [0.25, 0.3) is 7.37 Å². The number of benzene rings is 2. The molecule has 128 valence electrons. The van der Waals surface area contributed by atoms with Crippen molar-refractivity contribution in [2.75, 3.05) is 6.16 Å². The summed E-state index contributed by atoms with van der Waals surface area (Å²) in [5, 5.41) is 0.863. The van der Waals surface area contributed by atoms with Gasteiger partial charge in [0.15, 0.2) is 0 Å². The van der Waals surface area contributed by atoms with E-state index >= 15 is 0 Å². The lowest BCUT2D eigenvalue weighted by atomic mass is 10.1. The minimum Gasteiger partial charge on any atom is -0.440 e. The Balaban J connectivity index is 2.43. The van der Waals surface area contributed by atoms with Crippen molar-refractivity contribution in [3.8, 4) is 5.75 Å². The monoisotopic (exact) mass is 342 g/mol. The Kier molecular flexibility index (Phi) is 6.87. The van der Waals surface area contributed by atoms with Crippen molar-refractivity contribution in [3.63, 3.8) is 0 Å². The van der Waals surface area contributed by atoms with E-state index in [2.05, 4.69) is 20.4 Å². The fourth-order valence-corrected chi connectivity index (χ4v) is 5.35. The molecule has 0 saturated heterocycles. The van der Waals surface area contributed by atoms with Crippen LogP contribution in [0.4, 0.5) is 0 Å². The lowest BCUT2D eigenvalue weighted by Crippen LogP contribution is -2.17. The highest BCUT2D eigenvalue weighted by atomic mass is 31.2. The van der Waals surface area contributed by atoms with Crippen LogP contribution in [0.5, 0.6) is 5.75 Å². The molecule has 0 N–H and O–H groups in total. The van der Waals surface area contributed by atoms with Gasteiger partial charge in [-0.15, -0.1) is 6.58 Å². The normalized spacial score (nSPS) is 13.2. The first-order chi connectivity index (χ1) is 11.6. The standard InChI is InChI=1S/C21H27O2P/c1-4-7-12-17-24(22,21-16-11-9-14-19(21)6-3)23-20-15-10-8-13-18(20)5-2/h4,8-11,13-16H,1,5-7,12,17H2,2-3H3. The van der Waals surface area contributed by atoms with E-state index in [1.165, 1.54) is 0 Å². The van der Waals surface area contributed by atoms with Crippen LogP contribution >= 0.6 is 7.37 Å². The van der Waals surface area contributed by atoms with Gasteiger partial charge in [0.1, 0.15) is 5.75 Å². The first-order valence-electron chi connectivity index (χ1n) is 8.70. The molecule has 0 aliphatic rings. The molecule has 2 nitrogen and oxygen atoms in total. The largest absolute Gasteiger partial charge is 0.440 e. The molecule has 0 aromatic heterocycles. The molecule has 2 aromatic rings. The highest BCUT2D eigenvalue weighted by Gasteiger charge is 2.29. The van der Waals surface area contributed by atoms with Crippen molar-refractivity contribution in [2.24, 2.45) is 0 Å². The molecule has 0 spiro atoms. The molecule has 0 amide bonds. The average molecular weight is 342 g/mol. The second-order valence-corrected chi connectivity index (χ2v) is 8.32. The third-order valence-corrected chi connectivity index (χ3v) is 6.77. The first kappa shape index (κ1) is 18.5. The summed E-state index contributed by atoms with van der Waals surface area (Å²) in [5.41, 5.74) is 2.20. The molecule has 24 heavy (non-hydrogen) atoms. The predicted molar refractivity (Wildman–Crippen MR) is 104 cm³/mol. The summed E-state index contributed by atoms with van der Waals surface area (Å²) < 4.78 is 20.1. The Hall–Kier alpha value is -1.79. The Labute approximate surface area is 146 Å². The molecule has 1 atom stereocenters.